The third-order valence-corrected chi connectivity index (χ3v) is 2.26. The largest absolute Gasteiger partial charge is 0.480 e. The van der Waals surface area contributed by atoms with Gasteiger partial charge in [-0.25, -0.2) is 0 Å². The van der Waals surface area contributed by atoms with Crippen molar-refractivity contribution in [2.24, 2.45) is 0 Å². The Labute approximate surface area is 71.6 Å². The zero-order valence-corrected chi connectivity index (χ0v) is 7.16. The van der Waals surface area contributed by atoms with E-state index in [9.17, 15) is 4.79 Å². The van der Waals surface area contributed by atoms with Crippen LogP contribution in [0, 0.1) is 0 Å². The van der Waals surface area contributed by atoms with Crippen LogP contribution in [0.2, 0.25) is 0 Å². The van der Waals surface area contributed by atoms with Crippen LogP contribution < -0.4 is 5.32 Å². The average molecular weight is 173 g/mol. The smallest absolute Gasteiger partial charge is 0.320 e. The van der Waals surface area contributed by atoms with E-state index < -0.39 is 12.0 Å². The van der Waals surface area contributed by atoms with Gasteiger partial charge in [-0.2, -0.15) is 0 Å². The minimum Gasteiger partial charge on any atom is -0.480 e. The van der Waals surface area contributed by atoms with Crippen LogP contribution in [0.15, 0.2) is 0 Å². The highest BCUT2D eigenvalue weighted by atomic mass is 16.4. The van der Waals surface area contributed by atoms with Crippen LogP contribution in [0.5, 0.6) is 0 Å². The first-order chi connectivity index (χ1) is 5.63. The van der Waals surface area contributed by atoms with Crippen molar-refractivity contribution in [3.63, 3.8) is 0 Å². The maximum absolute atomic E-state index is 10.6. The molecule has 3 N–H and O–H groups in total. The first-order valence-electron chi connectivity index (χ1n) is 4.30. The van der Waals surface area contributed by atoms with Gasteiger partial charge in [-0.3, -0.25) is 4.79 Å². The highest BCUT2D eigenvalue weighted by Crippen LogP contribution is 2.20. The van der Waals surface area contributed by atoms with E-state index in [1.807, 2.05) is 6.92 Å². The van der Waals surface area contributed by atoms with Crippen LogP contribution in [-0.2, 0) is 4.79 Å². The molecule has 0 radical (unpaired) electrons. The van der Waals surface area contributed by atoms with Gasteiger partial charge in [0.15, 0.2) is 0 Å². The summed E-state index contributed by atoms with van der Waals surface area (Å²) in [6.07, 6.45) is 1.73. The molecule has 70 valence electrons. The molecule has 1 aliphatic rings. The summed E-state index contributed by atoms with van der Waals surface area (Å²) in [7, 11) is 0. The minimum absolute atomic E-state index is 0.195. The lowest BCUT2D eigenvalue weighted by Crippen LogP contribution is -2.50. The first-order valence-corrected chi connectivity index (χ1v) is 4.30. The van der Waals surface area contributed by atoms with Crippen molar-refractivity contribution in [1.29, 1.82) is 0 Å². The molecule has 1 aliphatic carbocycles. The molecule has 1 rings (SSSR count). The summed E-state index contributed by atoms with van der Waals surface area (Å²) in [4.78, 5) is 10.6. The van der Waals surface area contributed by atoms with Gasteiger partial charge in [-0.05, 0) is 19.3 Å². The molecule has 4 nitrogen and oxygen atoms in total. The molecule has 1 unspecified atom stereocenters. The van der Waals surface area contributed by atoms with Crippen LogP contribution in [-0.4, -0.2) is 34.4 Å². The molecule has 1 saturated carbocycles. The fourth-order valence-corrected chi connectivity index (χ4v) is 1.37. The molecular weight excluding hydrogens is 158 g/mol. The van der Waals surface area contributed by atoms with Gasteiger partial charge in [-0.15, -0.1) is 0 Å². The number of aliphatic carboxylic acids is 1. The fourth-order valence-electron chi connectivity index (χ4n) is 1.37. The predicted molar refractivity (Wildman–Crippen MR) is 43.9 cm³/mol. The van der Waals surface area contributed by atoms with Gasteiger partial charge in [0.25, 0.3) is 0 Å². The Morgan fingerprint density at radius 1 is 1.67 bits per heavy atom. The van der Waals surface area contributed by atoms with Gasteiger partial charge in [0.1, 0.15) is 6.04 Å². The van der Waals surface area contributed by atoms with Crippen molar-refractivity contribution >= 4 is 5.97 Å². The molecule has 0 aromatic carbocycles. The molecule has 12 heavy (non-hydrogen) atoms. The number of rotatable bonds is 4. The number of carboxylic acids is 1. The van der Waals surface area contributed by atoms with E-state index in [1.54, 1.807) is 0 Å². The Kier molecular flexibility index (Phi) is 3.05. The van der Waals surface area contributed by atoms with Gasteiger partial charge < -0.3 is 15.5 Å². The molecule has 0 aromatic heterocycles. The Balaban J connectivity index is 2.24. The van der Waals surface area contributed by atoms with Gasteiger partial charge in [-0.1, -0.05) is 6.92 Å². The summed E-state index contributed by atoms with van der Waals surface area (Å²) in [5.74, 6) is -0.807. The lowest BCUT2D eigenvalue weighted by atomic mass is 9.89. The summed E-state index contributed by atoms with van der Waals surface area (Å²) in [5.41, 5.74) is 0. The zero-order valence-electron chi connectivity index (χ0n) is 7.16. The SMILES string of the molecule is CCC(NC1CC(O)C1)C(=O)O. The summed E-state index contributed by atoms with van der Waals surface area (Å²) in [6, 6.07) is -0.261. The second-order valence-electron chi connectivity index (χ2n) is 3.29. The normalized spacial score (nSPS) is 30.8. The number of aliphatic hydroxyl groups excluding tert-OH is 1. The quantitative estimate of drug-likeness (QED) is 0.558. The number of aliphatic hydroxyl groups is 1. The minimum atomic E-state index is -0.807. The summed E-state index contributed by atoms with van der Waals surface area (Å²) in [6.45, 7) is 1.83. The molecule has 0 spiro atoms. The van der Waals surface area contributed by atoms with Crippen LogP contribution in [0.3, 0.4) is 0 Å². The predicted octanol–water partition coefficient (Wildman–Crippen LogP) is -0.0375. The van der Waals surface area contributed by atoms with Crippen molar-refractivity contribution in [1.82, 2.24) is 5.32 Å². The van der Waals surface area contributed by atoms with Crippen molar-refractivity contribution in [3.05, 3.63) is 0 Å². The van der Waals surface area contributed by atoms with Crippen molar-refractivity contribution in [3.8, 4) is 0 Å². The number of carbonyl (C=O) groups is 1. The second kappa shape index (κ2) is 3.87. The second-order valence-corrected chi connectivity index (χ2v) is 3.29. The Morgan fingerprint density at radius 3 is 2.58 bits per heavy atom. The number of nitrogens with one attached hydrogen (secondary N) is 1. The van der Waals surface area contributed by atoms with E-state index >= 15 is 0 Å². The van der Waals surface area contributed by atoms with Gasteiger partial charge >= 0.3 is 5.97 Å². The third-order valence-electron chi connectivity index (χ3n) is 2.26. The third kappa shape index (κ3) is 2.19. The first kappa shape index (κ1) is 9.48. The topological polar surface area (TPSA) is 69.6 Å². The molecule has 0 bridgehead atoms. The molecular formula is C8H15NO3. The standard InChI is InChI=1S/C8H15NO3/c1-2-7(8(11)12)9-5-3-6(10)4-5/h5-7,9-10H,2-4H2,1H3,(H,11,12). The number of hydrogen-bond acceptors (Lipinski definition) is 3. The molecule has 0 amide bonds. The lowest BCUT2D eigenvalue weighted by molar-refractivity contribution is -0.140. The molecule has 0 aliphatic heterocycles. The van der Waals surface area contributed by atoms with Crippen LogP contribution in [0.25, 0.3) is 0 Å². The van der Waals surface area contributed by atoms with E-state index in [2.05, 4.69) is 5.32 Å². The molecule has 4 heteroatoms. The molecule has 0 heterocycles. The van der Waals surface area contributed by atoms with Crippen molar-refractivity contribution in [2.45, 2.75) is 44.4 Å². The highest BCUT2D eigenvalue weighted by molar-refractivity contribution is 5.73. The van der Waals surface area contributed by atoms with Crippen molar-refractivity contribution < 1.29 is 15.0 Å². The molecule has 1 atom stereocenters. The lowest BCUT2D eigenvalue weighted by Gasteiger charge is -2.34. The number of hydrogen-bond donors (Lipinski definition) is 3. The summed E-state index contributed by atoms with van der Waals surface area (Å²) < 4.78 is 0. The van der Waals surface area contributed by atoms with E-state index in [0.29, 0.717) is 19.3 Å². The zero-order chi connectivity index (χ0) is 9.14. The van der Waals surface area contributed by atoms with E-state index in [4.69, 9.17) is 10.2 Å². The maximum Gasteiger partial charge on any atom is 0.320 e. The van der Waals surface area contributed by atoms with E-state index in [1.165, 1.54) is 0 Å². The van der Waals surface area contributed by atoms with E-state index in [0.717, 1.165) is 0 Å². The molecule has 0 saturated heterocycles. The van der Waals surface area contributed by atoms with Crippen LogP contribution in [0.4, 0.5) is 0 Å². The fraction of sp³-hybridized carbons (Fsp3) is 0.875. The van der Waals surface area contributed by atoms with Gasteiger partial charge in [0, 0.05) is 6.04 Å². The Morgan fingerprint density at radius 2 is 2.25 bits per heavy atom. The van der Waals surface area contributed by atoms with Crippen molar-refractivity contribution in [2.75, 3.05) is 0 Å². The van der Waals surface area contributed by atoms with Crippen LogP contribution >= 0.6 is 0 Å². The maximum atomic E-state index is 10.6. The monoisotopic (exact) mass is 173 g/mol. The van der Waals surface area contributed by atoms with Gasteiger partial charge in [0.2, 0.25) is 0 Å². The Hall–Kier alpha value is -0.610. The molecule has 0 aromatic rings. The van der Waals surface area contributed by atoms with Gasteiger partial charge in [0.05, 0.1) is 6.10 Å². The van der Waals surface area contributed by atoms with Crippen LogP contribution in [0.1, 0.15) is 26.2 Å². The van der Waals surface area contributed by atoms with E-state index in [-0.39, 0.29) is 12.1 Å². The summed E-state index contributed by atoms with van der Waals surface area (Å²) >= 11 is 0. The highest BCUT2D eigenvalue weighted by Gasteiger charge is 2.30. The number of carboxylic acid groups (broad SMARTS) is 1. The Bertz CT molecular complexity index is 166. The summed E-state index contributed by atoms with van der Waals surface area (Å²) in [5, 5.41) is 20.6. The molecule has 1 fully saturated rings. The average Bonchev–Trinajstić information content (AvgIpc) is 1.95.